The first-order chi connectivity index (χ1) is 8.08. The Morgan fingerprint density at radius 1 is 1.47 bits per heavy atom. The van der Waals surface area contributed by atoms with Crippen molar-refractivity contribution in [3.63, 3.8) is 0 Å². The molecule has 0 saturated heterocycles. The molecule has 0 aliphatic rings. The van der Waals surface area contributed by atoms with E-state index in [2.05, 4.69) is 13.2 Å². The number of aromatic nitrogens is 1. The van der Waals surface area contributed by atoms with E-state index < -0.39 is 4.92 Å². The van der Waals surface area contributed by atoms with E-state index >= 15 is 0 Å². The highest BCUT2D eigenvalue weighted by Gasteiger charge is 2.07. The predicted octanol–water partition coefficient (Wildman–Crippen LogP) is 2.05. The van der Waals surface area contributed by atoms with Crippen LogP contribution in [0.1, 0.15) is 0 Å². The molecular formula is C12H12N2O3. The first kappa shape index (κ1) is 12.6. The number of nitro groups is 1. The molecule has 0 atom stereocenters. The van der Waals surface area contributed by atoms with E-state index in [1.807, 2.05) is 0 Å². The monoisotopic (exact) mass is 232 g/mol. The van der Waals surface area contributed by atoms with Crippen molar-refractivity contribution in [1.29, 1.82) is 0 Å². The Bertz CT molecular complexity index is 541. The summed E-state index contributed by atoms with van der Waals surface area (Å²) >= 11 is 0. The number of rotatable bonds is 5. The van der Waals surface area contributed by atoms with Gasteiger partial charge in [-0.2, -0.15) is 0 Å². The summed E-state index contributed by atoms with van der Waals surface area (Å²) < 4.78 is 1.26. The molecule has 1 heterocycles. The Kier molecular flexibility index (Phi) is 4.16. The minimum atomic E-state index is -0.541. The largest absolute Gasteiger partial charge is 0.304 e. The van der Waals surface area contributed by atoms with E-state index in [9.17, 15) is 14.9 Å². The lowest BCUT2D eigenvalue weighted by atomic mass is 10.2. The molecule has 0 radical (unpaired) electrons. The minimum Gasteiger partial charge on any atom is -0.304 e. The van der Waals surface area contributed by atoms with Gasteiger partial charge in [0.1, 0.15) is 0 Å². The van der Waals surface area contributed by atoms with Crippen LogP contribution in [0.2, 0.25) is 0 Å². The third kappa shape index (κ3) is 3.27. The molecule has 0 N–H and O–H groups in total. The fourth-order valence-corrected chi connectivity index (χ4v) is 1.28. The quantitative estimate of drug-likeness (QED) is 0.443. The number of nitrogens with zero attached hydrogens (tertiary/aromatic N) is 2. The molecule has 0 aromatic carbocycles. The molecule has 17 heavy (non-hydrogen) atoms. The number of allylic oxidation sites excluding steroid dienone is 4. The molecule has 0 aliphatic heterocycles. The van der Waals surface area contributed by atoms with E-state index in [0.29, 0.717) is 0 Å². The van der Waals surface area contributed by atoms with Gasteiger partial charge in [0.05, 0.1) is 17.7 Å². The van der Waals surface area contributed by atoms with Crippen molar-refractivity contribution in [1.82, 2.24) is 4.57 Å². The number of hydrogen-bond acceptors (Lipinski definition) is 3. The van der Waals surface area contributed by atoms with E-state index in [4.69, 9.17) is 0 Å². The summed E-state index contributed by atoms with van der Waals surface area (Å²) in [5, 5.41) is 10.6. The van der Waals surface area contributed by atoms with Crippen LogP contribution in [0, 0.1) is 10.1 Å². The van der Waals surface area contributed by atoms with Crippen LogP contribution in [0.25, 0.3) is 0 Å². The second kappa shape index (κ2) is 5.60. The molecule has 1 aromatic heterocycles. The SMILES string of the molecule is C=C/C=C(\C=C)Cn1cc([N+](=O)[O-])ccc1=O. The van der Waals surface area contributed by atoms with Gasteiger partial charge in [0.15, 0.2) is 0 Å². The van der Waals surface area contributed by atoms with E-state index in [0.717, 1.165) is 5.57 Å². The Morgan fingerprint density at radius 2 is 2.18 bits per heavy atom. The van der Waals surface area contributed by atoms with Gasteiger partial charge in [-0.1, -0.05) is 31.4 Å². The molecule has 1 rings (SSSR count). The molecule has 0 bridgehead atoms. The zero-order chi connectivity index (χ0) is 12.8. The van der Waals surface area contributed by atoms with Crippen molar-refractivity contribution in [2.45, 2.75) is 6.54 Å². The summed E-state index contributed by atoms with van der Waals surface area (Å²) in [7, 11) is 0. The summed E-state index contributed by atoms with van der Waals surface area (Å²) in [5.74, 6) is 0. The standard InChI is InChI=1S/C12H12N2O3/c1-3-5-10(4-2)8-13-9-11(14(16)17)6-7-12(13)15/h3-7,9H,1-2,8H2/b10-5+. The molecule has 0 aliphatic carbocycles. The molecular weight excluding hydrogens is 220 g/mol. The van der Waals surface area contributed by atoms with Gasteiger partial charge in [0.25, 0.3) is 11.2 Å². The predicted molar refractivity (Wildman–Crippen MR) is 65.8 cm³/mol. The van der Waals surface area contributed by atoms with Crippen LogP contribution in [0.3, 0.4) is 0 Å². The van der Waals surface area contributed by atoms with Gasteiger partial charge in [0.2, 0.25) is 0 Å². The highest BCUT2D eigenvalue weighted by Crippen LogP contribution is 2.08. The zero-order valence-corrected chi connectivity index (χ0v) is 9.20. The normalized spacial score (nSPS) is 10.9. The minimum absolute atomic E-state index is 0.119. The molecule has 0 amide bonds. The number of pyridine rings is 1. The second-order valence-corrected chi connectivity index (χ2v) is 3.29. The average molecular weight is 232 g/mol. The van der Waals surface area contributed by atoms with Gasteiger partial charge in [-0.3, -0.25) is 14.9 Å². The summed E-state index contributed by atoms with van der Waals surface area (Å²) in [4.78, 5) is 21.5. The third-order valence-corrected chi connectivity index (χ3v) is 2.13. The van der Waals surface area contributed by atoms with Crippen molar-refractivity contribution in [2.75, 3.05) is 0 Å². The highest BCUT2D eigenvalue weighted by atomic mass is 16.6. The lowest BCUT2D eigenvalue weighted by molar-refractivity contribution is -0.385. The molecule has 5 heteroatoms. The van der Waals surface area contributed by atoms with Crippen LogP contribution in [-0.2, 0) is 6.54 Å². The van der Waals surface area contributed by atoms with Gasteiger partial charge in [0, 0.05) is 12.1 Å². The van der Waals surface area contributed by atoms with E-state index in [1.165, 1.54) is 22.9 Å². The van der Waals surface area contributed by atoms with Crippen molar-refractivity contribution >= 4 is 5.69 Å². The lowest BCUT2D eigenvalue weighted by Crippen LogP contribution is -2.19. The van der Waals surface area contributed by atoms with Crippen molar-refractivity contribution in [2.24, 2.45) is 0 Å². The van der Waals surface area contributed by atoms with Crippen LogP contribution in [0.15, 0.2) is 60.1 Å². The third-order valence-electron chi connectivity index (χ3n) is 2.13. The van der Waals surface area contributed by atoms with E-state index in [1.54, 1.807) is 18.2 Å². The summed E-state index contributed by atoms with van der Waals surface area (Å²) in [5.41, 5.74) is 0.335. The maximum atomic E-state index is 11.5. The van der Waals surface area contributed by atoms with Crippen LogP contribution >= 0.6 is 0 Å². The Hall–Kier alpha value is -2.43. The van der Waals surface area contributed by atoms with Gasteiger partial charge < -0.3 is 4.57 Å². The Labute approximate surface area is 98.2 Å². The first-order valence-corrected chi connectivity index (χ1v) is 4.87. The fourth-order valence-electron chi connectivity index (χ4n) is 1.28. The highest BCUT2D eigenvalue weighted by molar-refractivity contribution is 5.27. The fraction of sp³-hybridized carbons (Fsp3) is 0.0833. The topological polar surface area (TPSA) is 65.1 Å². The molecule has 0 fully saturated rings. The summed E-state index contributed by atoms with van der Waals surface area (Å²) in [6.45, 7) is 7.37. The molecule has 0 saturated carbocycles. The maximum absolute atomic E-state index is 11.5. The van der Waals surface area contributed by atoms with Gasteiger partial charge in [-0.25, -0.2) is 0 Å². The molecule has 1 aromatic rings. The maximum Gasteiger partial charge on any atom is 0.285 e. The van der Waals surface area contributed by atoms with Crippen molar-refractivity contribution in [3.8, 4) is 0 Å². The second-order valence-electron chi connectivity index (χ2n) is 3.29. The number of hydrogen-bond donors (Lipinski definition) is 0. The average Bonchev–Trinajstić information content (AvgIpc) is 2.30. The first-order valence-electron chi connectivity index (χ1n) is 4.87. The van der Waals surface area contributed by atoms with Crippen LogP contribution in [-0.4, -0.2) is 9.49 Å². The lowest BCUT2D eigenvalue weighted by Gasteiger charge is -2.05. The van der Waals surface area contributed by atoms with Crippen LogP contribution in [0.5, 0.6) is 0 Å². The van der Waals surface area contributed by atoms with Crippen LogP contribution < -0.4 is 5.56 Å². The molecule has 0 unspecified atom stereocenters. The summed E-state index contributed by atoms with van der Waals surface area (Å²) in [6, 6.07) is 2.36. The zero-order valence-electron chi connectivity index (χ0n) is 9.20. The van der Waals surface area contributed by atoms with Gasteiger partial charge >= 0.3 is 0 Å². The van der Waals surface area contributed by atoms with Gasteiger partial charge in [-0.05, 0) is 5.57 Å². The Morgan fingerprint density at radius 3 is 2.71 bits per heavy atom. The van der Waals surface area contributed by atoms with Crippen LogP contribution in [0.4, 0.5) is 5.69 Å². The Balaban J connectivity index is 3.13. The molecule has 88 valence electrons. The van der Waals surface area contributed by atoms with E-state index in [-0.39, 0.29) is 17.8 Å². The van der Waals surface area contributed by atoms with Crippen molar-refractivity contribution < 1.29 is 4.92 Å². The van der Waals surface area contributed by atoms with Gasteiger partial charge in [-0.15, -0.1) is 0 Å². The van der Waals surface area contributed by atoms with Crippen molar-refractivity contribution in [3.05, 3.63) is 75.8 Å². The summed E-state index contributed by atoms with van der Waals surface area (Å²) in [6.07, 6.45) is 6.05. The molecule has 5 nitrogen and oxygen atoms in total. The smallest absolute Gasteiger partial charge is 0.285 e. The molecule has 0 spiro atoms.